The fourth-order valence-corrected chi connectivity index (χ4v) is 4.04. The lowest BCUT2D eigenvalue weighted by Gasteiger charge is -2.37. The van der Waals surface area contributed by atoms with Crippen LogP contribution in [-0.4, -0.2) is 6.09 Å². The Kier molecular flexibility index (Phi) is 5.44. The fraction of sp³-hybridized carbons (Fsp3) is 0.174. The molecular formula is C23H19BrFNO2. The van der Waals surface area contributed by atoms with Gasteiger partial charge in [0.05, 0.1) is 11.7 Å². The number of rotatable bonds is 3. The molecule has 1 unspecified atom stereocenters. The number of amides is 1. The molecule has 28 heavy (non-hydrogen) atoms. The van der Waals surface area contributed by atoms with Crippen LogP contribution in [-0.2, 0) is 17.8 Å². The van der Waals surface area contributed by atoms with Gasteiger partial charge in [-0.05, 0) is 48.2 Å². The molecule has 5 heteroatoms. The van der Waals surface area contributed by atoms with Gasteiger partial charge in [0.1, 0.15) is 12.4 Å². The highest BCUT2D eigenvalue weighted by Gasteiger charge is 2.34. The van der Waals surface area contributed by atoms with Crippen molar-refractivity contribution >= 4 is 27.7 Å². The van der Waals surface area contributed by atoms with Gasteiger partial charge in [0.25, 0.3) is 0 Å². The predicted octanol–water partition coefficient (Wildman–Crippen LogP) is 6.42. The van der Waals surface area contributed by atoms with E-state index in [9.17, 15) is 9.18 Å². The first-order valence-electron chi connectivity index (χ1n) is 9.16. The van der Waals surface area contributed by atoms with Crippen LogP contribution in [0.2, 0.25) is 0 Å². The Hall–Kier alpha value is -2.66. The zero-order valence-corrected chi connectivity index (χ0v) is 16.7. The van der Waals surface area contributed by atoms with Crippen LogP contribution in [0.4, 0.5) is 14.9 Å². The molecule has 3 aromatic carbocycles. The first kappa shape index (κ1) is 18.7. The summed E-state index contributed by atoms with van der Waals surface area (Å²) >= 11 is 3.49. The molecule has 142 valence electrons. The zero-order chi connectivity index (χ0) is 19.5. The van der Waals surface area contributed by atoms with Gasteiger partial charge in [-0.1, -0.05) is 64.5 Å². The van der Waals surface area contributed by atoms with Crippen LogP contribution < -0.4 is 4.90 Å². The third-order valence-corrected chi connectivity index (χ3v) is 5.46. The number of nitrogens with zero attached hydrogens (tertiary/aromatic N) is 1. The predicted molar refractivity (Wildman–Crippen MR) is 111 cm³/mol. The van der Waals surface area contributed by atoms with Gasteiger partial charge >= 0.3 is 6.09 Å². The van der Waals surface area contributed by atoms with E-state index in [0.717, 1.165) is 27.7 Å². The smallest absolute Gasteiger partial charge is 0.415 e. The Morgan fingerprint density at radius 1 is 1.07 bits per heavy atom. The van der Waals surface area contributed by atoms with Crippen LogP contribution in [0.15, 0.2) is 77.3 Å². The number of carbonyl (C=O) groups excluding carboxylic acids is 1. The Morgan fingerprint density at radius 3 is 2.61 bits per heavy atom. The standard InChI is InChI=1S/C23H19BrFNO2/c24-18-11-13-21-17(14-18)10-12-22(19-8-4-5-9-20(19)25)26(21)23(27)28-15-16-6-2-1-3-7-16/h1-9,11,13-14,22H,10,12,15H2. The number of anilines is 1. The minimum absolute atomic E-state index is 0.173. The van der Waals surface area contributed by atoms with Gasteiger partial charge in [0.15, 0.2) is 0 Å². The second-order valence-corrected chi connectivity index (χ2v) is 7.67. The Balaban J connectivity index is 1.68. The summed E-state index contributed by atoms with van der Waals surface area (Å²) in [5.41, 5.74) is 3.22. The van der Waals surface area contributed by atoms with E-state index < -0.39 is 12.1 Å². The van der Waals surface area contributed by atoms with Gasteiger partial charge in [-0.15, -0.1) is 0 Å². The molecule has 0 spiro atoms. The molecule has 0 N–H and O–H groups in total. The van der Waals surface area contributed by atoms with Crippen molar-refractivity contribution in [2.24, 2.45) is 0 Å². The summed E-state index contributed by atoms with van der Waals surface area (Å²) in [7, 11) is 0. The van der Waals surface area contributed by atoms with Crippen LogP contribution in [0.25, 0.3) is 0 Å². The molecule has 3 aromatic rings. The minimum Gasteiger partial charge on any atom is -0.444 e. The number of ether oxygens (including phenoxy) is 1. The number of hydrogen-bond acceptors (Lipinski definition) is 2. The Bertz CT molecular complexity index is 993. The first-order valence-corrected chi connectivity index (χ1v) is 9.95. The second kappa shape index (κ2) is 8.15. The summed E-state index contributed by atoms with van der Waals surface area (Å²) in [6, 6.07) is 21.5. The molecule has 1 aliphatic rings. The number of hydrogen-bond donors (Lipinski definition) is 0. The maximum Gasteiger partial charge on any atom is 0.415 e. The molecule has 0 saturated carbocycles. The fourth-order valence-electron chi connectivity index (χ4n) is 3.63. The normalized spacial score (nSPS) is 15.8. The van der Waals surface area contributed by atoms with Crippen LogP contribution in [0.1, 0.15) is 29.2 Å². The number of halogens is 2. The molecule has 0 saturated heterocycles. The quantitative estimate of drug-likeness (QED) is 0.471. The van der Waals surface area contributed by atoms with E-state index in [0.29, 0.717) is 12.0 Å². The summed E-state index contributed by atoms with van der Waals surface area (Å²) in [6.07, 6.45) is 0.918. The third-order valence-electron chi connectivity index (χ3n) is 4.97. The molecule has 1 aliphatic heterocycles. The Labute approximate surface area is 171 Å². The van der Waals surface area contributed by atoms with E-state index in [1.807, 2.05) is 48.5 Å². The highest BCUT2D eigenvalue weighted by atomic mass is 79.9. The molecule has 1 heterocycles. The molecule has 0 fully saturated rings. The monoisotopic (exact) mass is 439 g/mol. The largest absolute Gasteiger partial charge is 0.444 e. The number of aryl methyl sites for hydroxylation is 1. The van der Waals surface area contributed by atoms with Crippen molar-refractivity contribution in [1.29, 1.82) is 0 Å². The van der Waals surface area contributed by atoms with E-state index in [-0.39, 0.29) is 12.4 Å². The van der Waals surface area contributed by atoms with Crippen molar-refractivity contribution in [3.8, 4) is 0 Å². The topological polar surface area (TPSA) is 29.5 Å². The number of fused-ring (bicyclic) bond motifs is 1. The summed E-state index contributed by atoms with van der Waals surface area (Å²) in [4.78, 5) is 14.7. The first-order chi connectivity index (χ1) is 13.6. The van der Waals surface area contributed by atoms with Gasteiger partial charge in [0, 0.05) is 10.0 Å². The summed E-state index contributed by atoms with van der Waals surface area (Å²) in [6.45, 7) is 0.173. The van der Waals surface area contributed by atoms with Gasteiger partial charge < -0.3 is 4.74 Å². The third kappa shape index (κ3) is 3.80. The van der Waals surface area contributed by atoms with Crippen molar-refractivity contribution in [3.05, 3.63) is 99.8 Å². The van der Waals surface area contributed by atoms with Crippen molar-refractivity contribution in [2.75, 3.05) is 4.90 Å². The van der Waals surface area contributed by atoms with E-state index in [4.69, 9.17) is 4.74 Å². The molecular weight excluding hydrogens is 421 g/mol. The average Bonchev–Trinajstić information content (AvgIpc) is 2.72. The van der Waals surface area contributed by atoms with Crippen LogP contribution >= 0.6 is 15.9 Å². The van der Waals surface area contributed by atoms with E-state index >= 15 is 0 Å². The lowest BCUT2D eigenvalue weighted by Crippen LogP contribution is -2.39. The molecule has 0 aromatic heterocycles. The van der Waals surface area contributed by atoms with Crippen LogP contribution in [0.5, 0.6) is 0 Å². The highest BCUT2D eigenvalue weighted by Crippen LogP contribution is 2.40. The molecule has 1 amide bonds. The molecule has 0 bridgehead atoms. The molecule has 0 aliphatic carbocycles. The van der Waals surface area contributed by atoms with Crippen molar-refractivity contribution < 1.29 is 13.9 Å². The zero-order valence-electron chi connectivity index (χ0n) is 15.1. The number of benzene rings is 3. The lowest BCUT2D eigenvalue weighted by molar-refractivity contribution is 0.143. The maximum atomic E-state index is 14.5. The van der Waals surface area contributed by atoms with E-state index in [2.05, 4.69) is 15.9 Å². The number of carbonyl (C=O) groups is 1. The summed E-state index contributed by atoms with van der Waals surface area (Å²) in [5.74, 6) is -0.311. The van der Waals surface area contributed by atoms with Gasteiger partial charge in [-0.25, -0.2) is 9.18 Å². The molecule has 1 atom stereocenters. The van der Waals surface area contributed by atoms with Gasteiger partial charge in [-0.3, -0.25) is 4.90 Å². The highest BCUT2D eigenvalue weighted by molar-refractivity contribution is 9.10. The van der Waals surface area contributed by atoms with Crippen molar-refractivity contribution in [1.82, 2.24) is 0 Å². The second-order valence-electron chi connectivity index (χ2n) is 6.76. The summed E-state index contributed by atoms with van der Waals surface area (Å²) in [5, 5.41) is 0. The minimum atomic E-state index is -0.472. The molecule has 3 nitrogen and oxygen atoms in total. The SMILES string of the molecule is O=C(OCc1ccccc1)N1c2ccc(Br)cc2CCC1c1ccccc1F. The van der Waals surface area contributed by atoms with Crippen molar-refractivity contribution in [2.45, 2.75) is 25.5 Å². The van der Waals surface area contributed by atoms with Gasteiger partial charge in [-0.2, -0.15) is 0 Å². The van der Waals surface area contributed by atoms with Crippen LogP contribution in [0.3, 0.4) is 0 Å². The summed E-state index contributed by atoms with van der Waals surface area (Å²) < 4.78 is 21.1. The molecule has 4 rings (SSSR count). The lowest BCUT2D eigenvalue weighted by atomic mass is 9.91. The van der Waals surface area contributed by atoms with Crippen molar-refractivity contribution in [3.63, 3.8) is 0 Å². The van der Waals surface area contributed by atoms with Crippen LogP contribution in [0, 0.1) is 5.82 Å². The average molecular weight is 440 g/mol. The van der Waals surface area contributed by atoms with E-state index in [1.54, 1.807) is 23.1 Å². The maximum absolute atomic E-state index is 14.5. The molecule has 0 radical (unpaired) electrons. The van der Waals surface area contributed by atoms with E-state index in [1.165, 1.54) is 6.07 Å². The van der Waals surface area contributed by atoms with Gasteiger partial charge in [0.2, 0.25) is 0 Å². The Morgan fingerprint density at radius 2 is 1.82 bits per heavy atom.